The number of hydrogen-bond acceptors (Lipinski definition) is 6. The fourth-order valence-corrected chi connectivity index (χ4v) is 5.29. The lowest BCUT2D eigenvalue weighted by Gasteiger charge is -2.19. The van der Waals surface area contributed by atoms with Crippen LogP contribution in [0.5, 0.6) is 0 Å². The van der Waals surface area contributed by atoms with Gasteiger partial charge in [0.2, 0.25) is 15.9 Å². The standard InChI is InChI=1S/C20H22N4O6S/c1-20(16-8-5-11-30-16)18(26)24(19(27)22-20)13-17(25)21-14-6-4-7-15(12-14)31(28,29)23-9-2-3-10-23/h4-8,11-12H,2-3,9-10,13H2,1H3,(H,21,25)(H,22,27)/t20-/m1/s1. The van der Waals surface area contributed by atoms with Crippen LogP contribution in [0.3, 0.4) is 0 Å². The number of benzene rings is 1. The lowest BCUT2D eigenvalue weighted by molar-refractivity contribution is -0.134. The van der Waals surface area contributed by atoms with Crippen LogP contribution in [-0.4, -0.2) is 55.1 Å². The smallest absolute Gasteiger partial charge is 0.325 e. The van der Waals surface area contributed by atoms with Crippen molar-refractivity contribution in [2.45, 2.75) is 30.2 Å². The van der Waals surface area contributed by atoms with Gasteiger partial charge in [0.25, 0.3) is 5.91 Å². The Hall–Kier alpha value is -3.18. The Labute approximate surface area is 179 Å². The summed E-state index contributed by atoms with van der Waals surface area (Å²) < 4.78 is 32.1. The first-order valence-corrected chi connectivity index (χ1v) is 11.2. The van der Waals surface area contributed by atoms with E-state index >= 15 is 0 Å². The molecule has 164 valence electrons. The van der Waals surface area contributed by atoms with E-state index in [1.165, 1.54) is 35.7 Å². The first kappa shape index (κ1) is 21.1. The summed E-state index contributed by atoms with van der Waals surface area (Å²) in [5.41, 5.74) is -1.14. The zero-order valence-corrected chi connectivity index (χ0v) is 17.6. The third-order valence-electron chi connectivity index (χ3n) is 5.41. The number of anilines is 1. The first-order valence-electron chi connectivity index (χ1n) is 9.80. The number of nitrogens with zero attached hydrogens (tertiary/aromatic N) is 2. The number of urea groups is 1. The van der Waals surface area contributed by atoms with Crippen LogP contribution in [0.1, 0.15) is 25.5 Å². The molecule has 1 aromatic heterocycles. The molecule has 1 atom stereocenters. The third-order valence-corrected chi connectivity index (χ3v) is 7.31. The maximum absolute atomic E-state index is 12.8. The van der Waals surface area contributed by atoms with Gasteiger partial charge in [-0.15, -0.1) is 0 Å². The molecular weight excluding hydrogens is 424 g/mol. The lowest BCUT2D eigenvalue weighted by Crippen LogP contribution is -2.41. The summed E-state index contributed by atoms with van der Waals surface area (Å²) in [5.74, 6) is -0.996. The second-order valence-electron chi connectivity index (χ2n) is 7.61. The van der Waals surface area contributed by atoms with E-state index in [1.807, 2.05) is 0 Å². The molecule has 0 unspecified atom stereocenters. The average Bonchev–Trinajstić information content (AvgIpc) is 3.48. The van der Waals surface area contributed by atoms with Gasteiger partial charge in [0, 0.05) is 18.8 Å². The molecule has 2 aromatic rings. The zero-order chi connectivity index (χ0) is 22.2. The fourth-order valence-electron chi connectivity index (χ4n) is 3.73. The van der Waals surface area contributed by atoms with Crippen molar-refractivity contribution in [3.05, 3.63) is 48.4 Å². The van der Waals surface area contributed by atoms with Gasteiger partial charge in [0.15, 0.2) is 5.54 Å². The van der Waals surface area contributed by atoms with Crippen LogP contribution < -0.4 is 10.6 Å². The number of carbonyl (C=O) groups is 3. The van der Waals surface area contributed by atoms with Crippen molar-refractivity contribution in [2.24, 2.45) is 0 Å². The highest BCUT2D eigenvalue weighted by Crippen LogP contribution is 2.29. The van der Waals surface area contributed by atoms with Crippen LogP contribution in [0.25, 0.3) is 0 Å². The first-order chi connectivity index (χ1) is 14.7. The number of carbonyl (C=O) groups excluding carboxylic acids is 3. The zero-order valence-electron chi connectivity index (χ0n) is 16.8. The van der Waals surface area contributed by atoms with E-state index in [0.29, 0.717) is 13.1 Å². The Balaban J connectivity index is 1.46. The van der Waals surface area contributed by atoms with Crippen molar-refractivity contribution in [1.29, 1.82) is 0 Å². The summed E-state index contributed by atoms with van der Waals surface area (Å²) in [6.45, 7) is 1.92. The van der Waals surface area contributed by atoms with Crippen LogP contribution in [0, 0.1) is 0 Å². The van der Waals surface area contributed by atoms with Crippen molar-refractivity contribution >= 4 is 33.6 Å². The average molecular weight is 446 g/mol. The highest BCUT2D eigenvalue weighted by molar-refractivity contribution is 7.89. The van der Waals surface area contributed by atoms with Crippen molar-refractivity contribution in [3.8, 4) is 0 Å². The minimum atomic E-state index is -3.63. The predicted octanol–water partition coefficient (Wildman–Crippen LogP) is 1.47. The molecular formula is C20H22N4O6S. The van der Waals surface area contributed by atoms with E-state index < -0.39 is 40.0 Å². The minimum absolute atomic E-state index is 0.0765. The highest BCUT2D eigenvalue weighted by Gasteiger charge is 2.51. The molecule has 10 nitrogen and oxygen atoms in total. The predicted molar refractivity (Wildman–Crippen MR) is 109 cm³/mol. The Bertz CT molecular complexity index is 1120. The number of furan rings is 1. The molecule has 2 fully saturated rings. The largest absolute Gasteiger partial charge is 0.466 e. The maximum Gasteiger partial charge on any atom is 0.325 e. The Kier molecular flexibility index (Phi) is 5.31. The normalized spacial score (nSPS) is 22.0. The van der Waals surface area contributed by atoms with Crippen LogP contribution in [-0.2, 0) is 25.2 Å². The fraction of sp³-hybridized carbons (Fsp3) is 0.350. The second kappa shape index (κ2) is 7.82. The van der Waals surface area contributed by atoms with Crippen molar-refractivity contribution in [1.82, 2.24) is 14.5 Å². The van der Waals surface area contributed by atoms with Gasteiger partial charge in [-0.25, -0.2) is 13.2 Å². The van der Waals surface area contributed by atoms with Gasteiger partial charge in [-0.3, -0.25) is 14.5 Å². The van der Waals surface area contributed by atoms with Crippen LogP contribution >= 0.6 is 0 Å². The third kappa shape index (κ3) is 3.81. The van der Waals surface area contributed by atoms with E-state index in [2.05, 4.69) is 10.6 Å². The summed E-state index contributed by atoms with van der Waals surface area (Å²) in [4.78, 5) is 38.5. The van der Waals surface area contributed by atoms with Gasteiger partial charge in [-0.1, -0.05) is 6.07 Å². The number of amides is 4. The maximum atomic E-state index is 12.8. The Morgan fingerprint density at radius 2 is 1.94 bits per heavy atom. The molecule has 0 radical (unpaired) electrons. The van der Waals surface area contributed by atoms with Crippen LogP contribution in [0.4, 0.5) is 10.5 Å². The number of rotatable bonds is 6. The van der Waals surface area contributed by atoms with Crippen molar-refractivity contribution < 1.29 is 27.2 Å². The molecule has 2 aliphatic heterocycles. The molecule has 2 saturated heterocycles. The molecule has 0 aliphatic carbocycles. The minimum Gasteiger partial charge on any atom is -0.466 e. The summed E-state index contributed by atoms with van der Waals surface area (Å²) >= 11 is 0. The summed E-state index contributed by atoms with van der Waals surface area (Å²) in [6.07, 6.45) is 3.02. The highest BCUT2D eigenvalue weighted by atomic mass is 32.2. The van der Waals surface area contributed by atoms with Crippen molar-refractivity contribution in [3.63, 3.8) is 0 Å². The van der Waals surface area contributed by atoms with Gasteiger partial charge in [0.1, 0.15) is 12.3 Å². The van der Waals surface area contributed by atoms with Gasteiger partial charge in [-0.2, -0.15) is 4.31 Å². The number of nitrogens with one attached hydrogen (secondary N) is 2. The molecule has 0 bridgehead atoms. The monoisotopic (exact) mass is 446 g/mol. The van der Waals surface area contributed by atoms with E-state index in [1.54, 1.807) is 18.2 Å². The van der Waals surface area contributed by atoms with E-state index in [-0.39, 0.29) is 16.3 Å². The SMILES string of the molecule is C[C@]1(c2ccco2)NC(=O)N(CC(=O)Nc2cccc(S(=O)(=O)N3CCCC3)c2)C1=O. The number of sulfonamides is 1. The molecule has 4 rings (SSSR count). The molecule has 1 aromatic carbocycles. The summed E-state index contributed by atoms with van der Waals surface area (Å²) in [5, 5.41) is 5.10. The molecule has 0 spiro atoms. The lowest BCUT2D eigenvalue weighted by atomic mass is 9.99. The van der Waals surface area contributed by atoms with Crippen LogP contribution in [0.15, 0.2) is 52.0 Å². The number of hydrogen-bond donors (Lipinski definition) is 2. The van der Waals surface area contributed by atoms with E-state index in [0.717, 1.165) is 17.7 Å². The van der Waals surface area contributed by atoms with E-state index in [4.69, 9.17) is 4.42 Å². The van der Waals surface area contributed by atoms with Crippen LogP contribution in [0.2, 0.25) is 0 Å². The molecule has 4 amide bonds. The van der Waals surface area contributed by atoms with Crippen molar-refractivity contribution in [2.75, 3.05) is 25.0 Å². The molecule has 11 heteroatoms. The van der Waals surface area contributed by atoms with E-state index in [9.17, 15) is 22.8 Å². The van der Waals surface area contributed by atoms with Gasteiger partial charge < -0.3 is 15.1 Å². The topological polar surface area (TPSA) is 129 Å². The van der Waals surface area contributed by atoms with Gasteiger partial charge >= 0.3 is 6.03 Å². The summed E-state index contributed by atoms with van der Waals surface area (Å²) in [7, 11) is -3.63. The van der Waals surface area contributed by atoms with Gasteiger partial charge in [0.05, 0.1) is 11.2 Å². The summed E-state index contributed by atoms with van der Waals surface area (Å²) in [6, 6.07) is 8.34. The quantitative estimate of drug-likeness (QED) is 0.647. The number of imide groups is 1. The second-order valence-corrected chi connectivity index (χ2v) is 9.55. The molecule has 3 heterocycles. The molecule has 2 aliphatic rings. The Morgan fingerprint density at radius 1 is 1.19 bits per heavy atom. The molecule has 31 heavy (non-hydrogen) atoms. The Morgan fingerprint density at radius 3 is 2.61 bits per heavy atom. The molecule has 0 saturated carbocycles. The van der Waals surface area contributed by atoms with Gasteiger partial charge in [-0.05, 0) is 50.1 Å². The molecule has 2 N–H and O–H groups in total.